The summed E-state index contributed by atoms with van der Waals surface area (Å²) in [7, 11) is 0. The summed E-state index contributed by atoms with van der Waals surface area (Å²) in [5, 5.41) is 9.36. The number of aliphatic hydroxyl groups is 1. The molecular weight excluding hydrogens is 462 g/mol. The fraction of sp³-hybridized carbons (Fsp3) is 0.731. The fourth-order valence-electron chi connectivity index (χ4n) is 7.88. The second-order valence-electron chi connectivity index (χ2n) is 12.0. The van der Waals surface area contributed by atoms with E-state index in [2.05, 4.69) is 12.6 Å². The Morgan fingerprint density at radius 3 is 2.32 bits per heavy atom. The van der Waals surface area contributed by atoms with Gasteiger partial charge in [0.25, 0.3) is 0 Å². The lowest BCUT2D eigenvalue weighted by Gasteiger charge is -2.61. The first kappa shape index (κ1) is 24.0. The number of ether oxygens (including phenoxy) is 1. The van der Waals surface area contributed by atoms with Crippen molar-refractivity contribution in [3.05, 3.63) is 23.5 Å². The number of hydrogen-bond acceptors (Lipinski definition) is 5. The highest BCUT2D eigenvalue weighted by molar-refractivity contribution is 7.96. The molecule has 0 heterocycles. The first-order valence-corrected chi connectivity index (χ1v) is 12.6. The van der Waals surface area contributed by atoms with Gasteiger partial charge in [0.15, 0.2) is 11.4 Å². The zero-order valence-electron chi connectivity index (χ0n) is 20.0. The minimum Gasteiger partial charge on any atom is -0.508 e. The van der Waals surface area contributed by atoms with Gasteiger partial charge >= 0.3 is 5.97 Å². The molecule has 5 aliphatic rings. The minimum absolute atomic E-state index is 0.0180. The van der Waals surface area contributed by atoms with E-state index in [1.54, 1.807) is 6.92 Å². The Morgan fingerprint density at radius 2 is 1.74 bits per heavy atom. The SMILES string of the molecule is C[C@@H]1C[C@H]2[C@@H]3C[C@H](F)C4=CC(O)=CC(=O)[C@]4(C)[C@@]3(F)CC[C@]2(C)[C@@]1(OC(=O)C1(C)CC1)C(=O)S. The van der Waals surface area contributed by atoms with Crippen LogP contribution in [-0.2, 0) is 19.1 Å². The van der Waals surface area contributed by atoms with Crippen LogP contribution in [0.2, 0.25) is 0 Å². The number of fused-ring (bicyclic) bond motifs is 5. The molecule has 0 aromatic rings. The summed E-state index contributed by atoms with van der Waals surface area (Å²) in [6.45, 7) is 6.90. The van der Waals surface area contributed by atoms with Crippen molar-refractivity contribution < 1.29 is 33.0 Å². The number of rotatable bonds is 3. The Morgan fingerprint density at radius 1 is 1.09 bits per heavy atom. The Kier molecular flexibility index (Phi) is 4.91. The van der Waals surface area contributed by atoms with Gasteiger partial charge in [-0.1, -0.05) is 13.8 Å². The Labute approximate surface area is 203 Å². The van der Waals surface area contributed by atoms with Gasteiger partial charge in [-0.25, -0.2) is 8.78 Å². The van der Waals surface area contributed by atoms with Crippen LogP contribution in [0.25, 0.3) is 0 Å². The summed E-state index contributed by atoms with van der Waals surface area (Å²) in [5.41, 5.74) is -6.91. The third kappa shape index (κ3) is 2.64. The number of hydrogen-bond donors (Lipinski definition) is 2. The summed E-state index contributed by atoms with van der Waals surface area (Å²) in [6.07, 6.45) is 2.24. The van der Waals surface area contributed by atoms with Crippen LogP contribution in [0, 0.1) is 34.0 Å². The largest absolute Gasteiger partial charge is 0.508 e. The molecule has 4 saturated carbocycles. The van der Waals surface area contributed by atoms with Gasteiger partial charge in [0.2, 0.25) is 5.12 Å². The average molecular weight is 495 g/mol. The first-order chi connectivity index (χ1) is 15.7. The number of thiol groups is 1. The second-order valence-corrected chi connectivity index (χ2v) is 12.4. The monoisotopic (exact) mass is 494 g/mol. The Balaban J connectivity index is 1.60. The van der Waals surface area contributed by atoms with Gasteiger partial charge in [0, 0.05) is 23.3 Å². The molecule has 0 aromatic heterocycles. The van der Waals surface area contributed by atoms with Crippen LogP contribution in [0.5, 0.6) is 0 Å². The lowest BCUT2D eigenvalue weighted by atomic mass is 9.44. The average Bonchev–Trinajstić information content (AvgIpc) is 3.46. The van der Waals surface area contributed by atoms with E-state index >= 15 is 8.78 Å². The van der Waals surface area contributed by atoms with Gasteiger partial charge < -0.3 is 9.84 Å². The number of halogens is 2. The molecule has 34 heavy (non-hydrogen) atoms. The van der Waals surface area contributed by atoms with Crippen LogP contribution in [0.1, 0.15) is 66.2 Å². The highest BCUT2D eigenvalue weighted by Crippen LogP contribution is 2.72. The van der Waals surface area contributed by atoms with Crippen LogP contribution < -0.4 is 0 Å². The molecule has 8 atom stereocenters. The van der Waals surface area contributed by atoms with E-state index in [4.69, 9.17) is 4.74 Å². The molecule has 1 N–H and O–H groups in total. The maximum absolute atomic E-state index is 17.2. The van der Waals surface area contributed by atoms with Crippen molar-refractivity contribution in [3.8, 4) is 0 Å². The third-order valence-corrected chi connectivity index (χ3v) is 10.7. The van der Waals surface area contributed by atoms with Crippen LogP contribution in [0.3, 0.4) is 0 Å². The van der Waals surface area contributed by atoms with E-state index < -0.39 is 68.3 Å². The number of esters is 1. The molecule has 0 radical (unpaired) electrons. The van der Waals surface area contributed by atoms with E-state index in [1.165, 1.54) is 13.0 Å². The van der Waals surface area contributed by atoms with Crippen molar-refractivity contribution in [1.29, 1.82) is 0 Å². The van der Waals surface area contributed by atoms with Gasteiger partial charge in [0.05, 0.1) is 10.8 Å². The van der Waals surface area contributed by atoms with Crippen LogP contribution in [0.4, 0.5) is 8.78 Å². The van der Waals surface area contributed by atoms with Crippen molar-refractivity contribution >= 4 is 29.5 Å². The molecule has 0 amide bonds. The summed E-state index contributed by atoms with van der Waals surface area (Å²) in [5.74, 6) is -3.22. The van der Waals surface area contributed by atoms with E-state index in [0.717, 1.165) is 6.08 Å². The molecule has 5 aliphatic carbocycles. The van der Waals surface area contributed by atoms with E-state index in [0.29, 0.717) is 19.3 Å². The molecule has 5 rings (SSSR count). The smallest absolute Gasteiger partial charge is 0.312 e. The predicted octanol–water partition coefficient (Wildman–Crippen LogP) is 5.00. The lowest BCUT2D eigenvalue weighted by molar-refractivity contribution is -0.205. The van der Waals surface area contributed by atoms with Gasteiger partial charge in [-0.3, -0.25) is 14.4 Å². The van der Waals surface area contributed by atoms with Crippen molar-refractivity contribution in [1.82, 2.24) is 0 Å². The number of carbonyl (C=O) groups excluding carboxylic acids is 3. The topological polar surface area (TPSA) is 80.7 Å². The zero-order valence-corrected chi connectivity index (χ0v) is 20.9. The Hall–Kier alpha value is -1.70. The molecule has 0 spiro atoms. The number of aliphatic hydroxyl groups excluding tert-OH is 1. The molecule has 0 saturated heterocycles. The molecule has 0 aromatic carbocycles. The summed E-state index contributed by atoms with van der Waals surface area (Å²) in [6, 6.07) is 0. The number of alkyl halides is 2. The van der Waals surface area contributed by atoms with Crippen molar-refractivity contribution in [2.75, 3.05) is 0 Å². The molecule has 0 unspecified atom stereocenters. The van der Waals surface area contributed by atoms with Crippen molar-refractivity contribution in [3.63, 3.8) is 0 Å². The summed E-state index contributed by atoms with van der Waals surface area (Å²) in [4.78, 5) is 39.2. The maximum Gasteiger partial charge on any atom is 0.312 e. The predicted molar refractivity (Wildman–Crippen MR) is 124 cm³/mol. The molecule has 186 valence electrons. The normalized spacial score (nSPS) is 48.6. The summed E-state index contributed by atoms with van der Waals surface area (Å²) < 4.78 is 38.8. The minimum atomic E-state index is -2.05. The number of allylic oxidation sites excluding steroid dienone is 3. The second kappa shape index (κ2) is 6.95. The van der Waals surface area contributed by atoms with Crippen LogP contribution in [-0.4, -0.2) is 39.4 Å². The molecule has 0 aliphatic heterocycles. The number of carbonyl (C=O) groups is 3. The standard InChI is InChI=1S/C26H32F2O5S/c1-13-9-15-16-12-18(27)17-10-14(29)11-19(30)24(17,4)25(16,28)8-7-23(15,3)26(13,21(32)34)33-20(31)22(2)5-6-22/h10-11,13,15-16,18,29H,5-9,12H2,1-4H3,(H,32,34)/t13-,15+,16+,18+,23+,24-,25-,26+/m1/s1. The van der Waals surface area contributed by atoms with Gasteiger partial charge in [-0.05, 0) is 69.9 Å². The zero-order chi connectivity index (χ0) is 25.1. The first-order valence-electron chi connectivity index (χ1n) is 12.1. The van der Waals surface area contributed by atoms with Crippen LogP contribution >= 0.6 is 12.6 Å². The van der Waals surface area contributed by atoms with E-state index in [9.17, 15) is 19.5 Å². The van der Waals surface area contributed by atoms with E-state index in [1.807, 2.05) is 13.8 Å². The van der Waals surface area contributed by atoms with Gasteiger partial charge in [-0.2, -0.15) is 0 Å². The lowest BCUT2D eigenvalue weighted by Crippen LogP contribution is -2.67. The Bertz CT molecular complexity index is 1070. The van der Waals surface area contributed by atoms with Gasteiger partial charge in [0.1, 0.15) is 17.6 Å². The highest BCUT2D eigenvalue weighted by Gasteiger charge is 2.77. The fourth-order valence-corrected chi connectivity index (χ4v) is 8.41. The van der Waals surface area contributed by atoms with Crippen molar-refractivity contribution in [2.45, 2.75) is 83.7 Å². The number of ketones is 1. The quantitative estimate of drug-likeness (QED) is 0.426. The molecule has 5 nitrogen and oxygen atoms in total. The van der Waals surface area contributed by atoms with Crippen molar-refractivity contribution in [2.24, 2.45) is 34.0 Å². The molecular formula is C26H32F2O5S. The molecule has 8 heteroatoms. The molecule has 4 fully saturated rings. The highest BCUT2D eigenvalue weighted by atomic mass is 32.1. The van der Waals surface area contributed by atoms with Gasteiger partial charge in [-0.15, -0.1) is 12.6 Å². The van der Waals surface area contributed by atoms with Crippen LogP contribution in [0.15, 0.2) is 23.5 Å². The maximum atomic E-state index is 17.2. The summed E-state index contributed by atoms with van der Waals surface area (Å²) >= 11 is 4.19. The molecule has 0 bridgehead atoms. The third-order valence-electron chi connectivity index (χ3n) is 10.4. The van der Waals surface area contributed by atoms with E-state index in [-0.39, 0.29) is 30.6 Å².